The van der Waals surface area contributed by atoms with E-state index in [2.05, 4.69) is 15.4 Å². The fourth-order valence-corrected chi connectivity index (χ4v) is 2.50. The zero-order valence-corrected chi connectivity index (χ0v) is 12.9. The van der Waals surface area contributed by atoms with E-state index in [0.29, 0.717) is 17.0 Å². The zero-order chi connectivity index (χ0) is 16.8. The molecule has 5 nitrogen and oxygen atoms in total. The molecule has 0 fully saturated rings. The number of hydrogen-bond donors (Lipinski definition) is 3. The summed E-state index contributed by atoms with van der Waals surface area (Å²) in [6.45, 7) is -2.93. The van der Waals surface area contributed by atoms with Crippen LogP contribution in [0.2, 0.25) is 5.02 Å². The predicted molar refractivity (Wildman–Crippen MR) is 81.6 cm³/mol. The molecule has 1 aromatic carbocycles. The van der Waals surface area contributed by atoms with Crippen LogP contribution in [0.5, 0.6) is 5.75 Å². The first-order chi connectivity index (χ1) is 11.0. The van der Waals surface area contributed by atoms with Crippen LogP contribution in [0.15, 0.2) is 30.4 Å². The predicted octanol–water partition coefficient (Wildman–Crippen LogP) is 2.68. The molecule has 0 unspecified atom stereocenters. The number of hydrogen-bond acceptors (Lipinski definition) is 3. The highest BCUT2D eigenvalue weighted by atomic mass is 35.5. The van der Waals surface area contributed by atoms with Gasteiger partial charge in [0.25, 0.3) is 0 Å². The molecule has 0 aromatic heterocycles. The van der Waals surface area contributed by atoms with Gasteiger partial charge in [-0.05, 0) is 24.6 Å². The molecule has 1 aromatic rings. The van der Waals surface area contributed by atoms with E-state index in [1.54, 1.807) is 0 Å². The first-order valence-corrected chi connectivity index (χ1v) is 7.42. The maximum atomic E-state index is 12.4. The van der Waals surface area contributed by atoms with Gasteiger partial charge in [0.15, 0.2) is 0 Å². The van der Waals surface area contributed by atoms with Crippen molar-refractivity contribution in [3.05, 3.63) is 40.9 Å². The second-order valence-corrected chi connectivity index (χ2v) is 5.56. The molecule has 0 spiro atoms. The SMILES string of the molecule is O=C(NCc1cc(Cl)ccc1OC(F)F)N[C@@H]1C=C[C@H](CO)C1. The van der Waals surface area contributed by atoms with Gasteiger partial charge in [-0.2, -0.15) is 8.78 Å². The largest absolute Gasteiger partial charge is 0.434 e. The van der Waals surface area contributed by atoms with Gasteiger partial charge in [-0.1, -0.05) is 23.8 Å². The quantitative estimate of drug-likeness (QED) is 0.694. The number of halogens is 3. The highest BCUT2D eigenvalue weighted by Crippen LogP contribution is 2.24. The standard InChI is InChI=1S/C15H17ClF2N2O3/c16-11-2-4-13(23-14(17)18)10(6-11)7-19-15(22)20-12-3-1-9(5-12)8-21/h1-4,6,9,12,14,21H,5,7-8H2,(H2,19,20,22)/t9-,12+/m0/s1. The van der Waals surface area contributed by atoms with Crippen LogP contribution in [0.25, 0.3) is 0 Å². The normalized spacial score (nSPS) is 19.9. The number of alkyl halides is 2. The molecule has 0 saturated heterocycles. The molecule has 0 bridgehead atoms. The summed E-state index contributed by atoms with van der Waals surface area (Å²) < 4.78 is 29.1. The lowest BCUT2D eigenvalue weighted by Gasteiger charge is -2.15. The van der Waals surface area contributed by atoms with Crippen LogP contribution in [0, 0.1) is 5.92 Å². The lowest BCUT2D eigenvalue weighted by molar-refractivity contribution is -0.0504. The van der Waals surface area contributed by atoms with Gasteiger partial charge in [-0.3, -0.25) is 0 Å². The average molecular weight is 347 g/mol. The topological polar surface area (TPSA) is 70.6 Å². The Morgan fingerprint density at radius 2 is 2.22 bits per heavy atom. The Labute approximate surface area is 137 Å². The maximum absolute atomic E-state index is 12.4. The summed E-state index contributed by atoms with van der Waals surface area (Å²) in [5.74, 6) is 0.00470. The van der Waals surface area contributed by atoms with Crippen molar-refractivity contribution in [2.24, 2.45) is 5.92 Å². The number of urea groups is 1. The number of carbonyl (C=O) groups is 1. The number of aliphatic hydroxyl groups excluding tert-OH is 1. The van der Waals surface area contributed by atoms with Gasteiger partial charge >= 0.3 is 12.6 Å². The van der Waals surface area contributed by atoms with E-state index in [4.69, 9.17) is 16.7 Å². The van der Waals surface area contributed by atoms with Crippen molar-refractivity contribution in [2.45, 2.75) is 25.6 Å². The van der Waals surface area contributed by atoms with Crippen LogP contribution >= 0.6 is 11.6 Å². The van der Waals surface area contributed by atoms with Gasteiger partial charge in [-0.15, -0.1) is 0 Å². The Hall–Kier alpha value is -1.86. The number of ether oxygens (including phenoxy) is 1. The number of benzene rings is 1. The molecular formula is C15H17ClF2N2O3. The molecule has 0 radical (unpaired) electrons. The van der Waals surface area contributed by atoms with Gasteiger partial charge < -0.3 is 20.5 Å². The maximum Gasteiger partial charge on any atom is 0.387 e. The second kappa shape index (κ2) is 8.12. The fraction of sp³-hybridized carbons (Fsp3) is 0.400. The summed E-state index contributed by atoms with van der Waals surface area (Å²) in [6.07, 6.45) is 4.28. The molecule has 126 valence electrons. The Bertz CT molecular complexity index is 584. The molecule has 2 rings (SSSR count). The summed E-state index contributed by atoms with van der Waals surface area (Å²) in [5.41, 5.74) is 0.350. The Morgan fingerprint density at radius 1 is 1.43 bits per heavy atom. The molecule has 0 heterocycles. The Balaban J connectivity index is 1.89. The van der Waals surface area contributed by atoms with Crippen LogP contribution in [-0.2, 0) is 6.54 Å². The van der Waals surface area contributed by atoms with Crippen molar-refractivity contribution in [1.29, 1.82) is 0 Å². The lowest BCUT2D eigenvalue weighted by Crippen LogP contribution is -2.40. The Morgan fingerprint density at radius 3 is 2.87 bits per heavy atom. The molecule has 1 aliphatic carbocycles. The summed E-state index contributed by atoms with van der Waals surface area (Å²) in [5, 5.41) is 14.7. The first kappa shape index (κ1) is 17.5. The van der Waals surface area contributed by atoms with Crippen molar-refractivity contribution in [3.8, 4) is 5.75 Å². The third-order valence-corrected chi connectivity index (χ3v) is 3.64. The van der Waals surface area contributed by atoms with Gasteiger partial charge in [-0.25, -0.2) is 4.79 Å². The number of nitrogens with one attached hydrogen (secondary N) is 2. The number of rotatable bonds is 6. The van der Waals surface area contributed by atoms with Crippen LogP contribution in [0.1, 0.15) is 12.0 Å². The van der Waals surface area contributed by atoms with Gasteiger partial charge in [0.2, 0.25) is 0 Å². The second-order valence-electron chi connectivity index (χ2n) is 5.13. The van der Waals surface area contributed by atoms with Crippen molar-refractivity contribution < 1.29 is 23.4 Å². The smallest absolute Gasteiger partial charge is 0.387 e. The number of carbonyl (C=O) groups excluding carboxylic acids is 1. The van der Waals surface area contributed by atoms with Crippen LogP contribution in [0.4, 0.5) is 13.6 Å². The zero-order valence-electron chi connectivity index (χ0n) is 12.1. The molecule has 8 heteroatoms. The monoisotopic (exact) mass is 346 g/mol. The molecular weight excluding hydrogens is 330 g/mol. The summed E-state index contributed by atoms with van der Waals surface area (Å²) in [6, 6.07) is 3.61. The third kappa shape index (κ3) is 5.37. The molecule has 1 aliphatic rings. The fourth-order valence-electron chi connectivity index (χ4n) is 2.31. The van der Waals surface area contributed by atoms with Crippen molar-refractivity contribution in [2.75, 3.05) is 6.61 Å². The molecule has 2 atom stereocenters. The third-order valence-electron chi connectivity index (χ3n) is 3.40. The highest BCUT2D eigenvalue weighted by Gasteiger charge is 2.19. The van der Waals surface area contributed by atoms with E-state index in [1.807, 2.05) is 12.2 Å². The minimum absolute atomic E-state index is 0.00565. The van der Waals surface area contributed by atoms with Gasteiger partial charge in [0.05, 0.1) is 0 Å². The van der Waals surface area contributed by atoms with Crippen LogP contribution in [-0.4, -0.2) is 30.4 Å². The van der Waals surface area contributed by atoms with E-state index < -0.39 is 12.6 Å². The van der Waals surface area contributed by atoms with Gasteiger partial charge in [0.1, 0.15) is 5.75 Å². The number of aliphatic hydroxyl groups is 1. The van der Waals surface area contributed by atoms with E-state index in [1.165, 1.54) is 18.2 Å². The minimum atomic E-state index is -2.96. The summed E-state index contributed by atoms with van der Waals surface area (Å²) >= 11 is 5.83. The van der Waals surface area contributed by atoms with E-state index in [-0.39, 0.29) is 30.9 Å². The minimum Gasteiger partial charge on any atom is -0.434 e. The molecule has 23 heavy (non-hydrogen) atoms. The number of amides is 2. The first-order valence-electron chi connectivity index (χ1n) is 7.04. The molecule has 3 N–H and O–H groups in total. The average Bonchev–Trinajstić information content (AvgIpc) is 2.94. The van der Waals surface area contributed by atoms with E-state index in [0.717, 1.165) is 0 Å². The Kier molecular flexibility index (Phi) is 6.18. The van der Waals surface area contributed by atoms with E-state index in [9.17, 15) is 13.6 Å². The highest BCUT2D eigenvalue weighted by molar-refractivity contribution is 6.30. The summed E-state index contributed by atoms with van der Waals surface area (Å²) in [4.78, 5) is 11.8. The molecule has 0 saturated carbocycles. The molecule has 0 aliphatic heterocycles. The molecule has 2 amide bonds. The van der Waals surface area contributed by atoms with Crippen LogP contribution in [0.3, 0.4) is 0 Å². The van der Waals surface area contributed by atoms with Crippen molar-refractivity contribution in [3.63, 3.8) is 0 Å². The van der Waals surface area contributed by atoms with Crippen molar-refractivity contribution in [1.82, 2.24) is 10.6 Å². The summed E-state index contributed by atoms with van der Waals surface area (Å²) in [7, 11) is 0. The van der Waals surface area contributed by atoms with Gasteiger partial charge in [0, 0.05) is 35.7 Å². The van der Waals surface area contributed by atoms with Crippen molar-refractivity contribution >= 4 is 17.6 Å². The van der Waals surface area contributed by atoms with E-state index >= 15 is 0 Å². The van der Waals surface area contributed by atoms with Crippen LogP contribution < -0.4 is 15.4 Å². The lowest BCUT2D eigenvalue weighted by atomic mass is 10.1.